The van der Waals surface area contributed by atoms with E-state index in [4.69, 9.17) is 5.11 Å². The number of nitrogens with one attached hydrogen (secondary N) is 1. The quantitative estimate of drug-likeness (QED) is 0.832. The molecule has 0 atom stereocenters. The van der Waals surface area contributed by atoms with Crippen molar-refractivity contribution >= 4 is 23.3 Å². The Kier molecular flexibility index (Phi) is 3.28. The van der Waals surface area contributed by atoms with Crippen molar-refractivity contribution in [2.24, 2.45) is 5.92 Å². The Morgan fingerprint density at radius 1 is 1.65 bits per heavy atom. The third-order valence-electron chi connectivity index (χ3n) is 2.58. The van der Waals surface area contributed by atoms with E-state index in [1.165, 1.54) is 16.2 Å². The maximum atomic E-state index is 11.6. The maximum Gasteiger partial charge on any atom is 0.317 e. The molecule has 1 aliphatic rings. The van der Waals surface area contributed by atoms with Crippen LogP contribution in [0.15, 0.2) is 5.38 Å². The van der Waals surface area contributed by atoms with E-state index in [-0.39, 0.29) is 19.1 Å². The highest BCUT2D eigenvalue weighted by Crippen LogP contribution is 2.15. The Balaban J connectivity index is 1.74. The van der Waals surface area contributed by atoms with Gasteiger partial charge in [-0.3, -0.25) is 4.79 Å². The zero-order valence-electron chi connectivity index (χ0n) is 9.34. The lowest BCUT2D eigenvalue weighted by Crippen LogP contribution is -2.56. The summed E-state index contributed by atoms with van der Waals surface area (Å²) in [5.74, 6) is -1.26. The molecule has 1 aromatic heterocycles. The van der Waals surface area contributed by atoms with Crippen LogP contribution in [0.1, 0.15) is 10.7 Å². The number of aromatic nitrogens is 1. The second-order valence-electron chi connectivity index (χ2n) is 3.98. The van der Waals surface area contributed by atoms with Crippen LogP contribution in [-0.4, -0.2) is 40.1 Å². The van der Waals surface area contributed by atoms with Gasteiger partial charge in [-0.2, -0.15) is 0 Å². The molecule has 0 spiro atoms. The highest BCUT2D eigenvalue weighted by atomic mass is 32.1. The van der Waals surface area contributed by atoms with Gasteiger partial charge in [0.15, 0.2) is 0 Å². The number of aliphatic carboxylic acids is 1. The van der Waals surface area contributed by atoms with E-state index in [0.29, 0.717) is 6.54 Å². The summed E-state index contributed by atoms with van der Waals surface area (Å²) in [6.45, 7) is 2.87. The number of carbonyl (C=O) groups is 2. The highest BCUT2D eigenvalue weighted by Gasteiger charge is 2.35. The summed E-state index contributed by atoms with van der Waals surface area (Å²) in [6, 6.07) is -0.227. The van der Waals surface area contributed by atoms with Crippen LogP contribution in [0.4, 0.5) is 4.79 Å². The first-order valence-electron chi connectivity index (χ1n) is 5.23. The van der Waals surface area contributed by atoms with Gasteiger partial charge in [0.2, 0.25) is 0 Å². The predicted octanol–water partition coefficient (Wildman–Crippen LogP) is 0.678. The molecule has 0 saturated carbocycles. The van der Waals surface area contributed by atoms with Crippen molar-refractivity contribution in [3.63, 3.8) is 0 Å². The van der Waals surface area contributed by atoms with Crippen molar-refractivity contribution in [3.05, 3.63) is 16.1 Å². The number of hydrogen-bond donors (Lipinski definition) is 2. The summed E-state index contributed by atoms with van der Waals surface area (Å²) in [7, 11) is 0. The molecule has 92 valence electrons. The molecule has 0 bridgehead atoms. The average Bonchev–Trinajstić information content (AvgIpc) is 2.58. The van der Waals surface area contributed by atoms with E-state index < -0.39 is 11.9 Å². The van der Waals surface area contributed by atoms with Crippen LogP contribution in [0.3, 0.4) is 0 Å². The van der Waals surface area contributed by atoms with E-state index in [1.807, 2.05) is 12.3 Å². The Hall–Kier alpha value is -1.63. The summed E-state index contributed by atoms with van der Waals surface area (Å²) in [4.78, 5) is 27.8. The molecular weight excluding hydrogens is 242 g/mol. The van der Waals surface area contributed by atoms with Crippen molar-refractivity contribution in [1.82, 2.24) is 15.2 Å². The first-order chi connectivity index (χ1) is 8.06. The molecule has 0 aromatic carbocycles. The SMILES string of the molecule is Cc1csc(CNC(=O)N2CC(C(=O)O)C2)n1. The molecule has 7 heteroatoms. The van der Waals surface area contributed by atoms with Crippen molar-refractivity contribution in [2.75, 3.05) is 13.1 Å². The molecule has 2 N–H and O–H groups in total. The first kappa shape index (κ1) is 11.8. The van der Waals surface area contributed by atoms with Gasteiger partial charge in [-0.25, -0.2) is 9.78 Å². The normalized spacial score (nSPS) is 15.5. The van der Waals surface area contributed by atoms with Gasteiger partial charge in [-0.05, 0) is 6.92 Å². The minimum absolute atomic E-state index is 0.227. The Morgan fingerprint density at radius 2 is 2.35 bits per heavy atom. The Labute approximate surface area is 102 Å². The van der Waals surface area contributed by atoms with Crippen LogP contribution >= 0.6 is 11.3 Å². The van der Waals surface area contributed by atoms with Crippen molar-refractivity contribution in [3.8, 4) is 0 Å². The van der Waals surface area contributed by atoms with Gasteiger partial charge < -0.3 is 15.3 Å². The molecule has 2 rings (SSSR count). The predicted molar refractivity (Wildman–Crippen MR) is 61.8 cm³/mol. The van der Waals surface area contributed by atoms with Crippen LogP contribution in [0.2, 0.25) is 0 Å². The van der Waals surface area contributed by atoms with Crippen molar-refractivity contribution in [2.45, 2.75) is 13.5 Å². The zero-order valence-corrected chi connectivity index (χ0v) is 10.2. The number of carbonyl (C=O) groups excluding carboxylic acids is 1. The van der Waals surface area contributed by atoms with Gasteiger partial charge >= 0.3 is 12.0 Å². The fraction of sp³-hybridized carbons (Fsp3) is 0.500. The molecule has 0 aliphatic carbocycles. The molecule has 2 heterocycles. The number of urea groups is 1. The van der Waals surface area contributed by atoms with Gasteiger partial charge in [0.25, 0.3) is 0 Å². The van der Waals surface area contributed by atoms with E-state index in [9.17, 15) is 9.59 Å². The summed E-state index contributed by atoms with van der Waals surface area (Å²) in [6.07, 6.45) is 0. The van der Waals surface area contributed by atoms with Gasteiger partial charge in [0, 0.05) is 24.2 Å². The summed E-state index contributed by atoms with van der Waals surface area (Å²) in [5.41, 5.74) is 0.939. The molecule has 0 radical (unpaired) electrons. The van der Waals surface area contributed by atoms with Crippen molar-refractivity contribution < 1.29 is 14.7 Å². The molecule has 1 saturated heterocycles. The number of likely N-dealkylation sites (tertiary alicyclic amines) is 1. The molecule has 0 unspecified atom stereocenters. The lowest BCUT2D eigenvalue weighted by atomic mass is 10.0. The van der Waals surface area contributed by atoms with Gasteiger partial charge in [0.1, 0.15) is 5.01 Å². The average molecular weight is 255 g/mol. The second kappa shape index (κ2) is 4.70. The Bertz CT molecular complexity index is 440. The lowest BCUT2D eigenvalue weighted by molar-refractivity contribution is -0.146. The lowest BCUT2D eigenvalue weighted by Gasteiger charge is -2.36. The molecule has 6 nitrogen and oxygen atoms in total. The van der Waals surface area contributed by atoms with Gasteiger partial charge in [0.05, 0.1) is 12.5 Å². The first-order valence-corrected chi connectivity index (χ1v) is 6.11. The smallest absolute Gasteiger partial charge is 0.317 e. The van der Waals surface area contributed by atoms with E-state index in [1.54, 1.807) is 0 Å². The number of nitrogens with zero attached hydrogens (tertiary/aromatic N) is 2. The zero-order chi connectivity index (χ0) is 12.4. The molecule has 1 aromatic rings. The minimum atomic E-state index is -0.843. The fourth-order valence-corrected chi connectivity index (χ4v) is 2.26. The topological polar surface area (TPSA) is 82.5 Å². The van der Waals surface area contributed by atoms with E-state index in [2.05, 4.69) is 10.3 Å². The van der Waals surface area contributed by atoms with Crippen LogP contribution in [-0.2, 0) is 11.3 Å². The maximum absolute atomic E-state index is 11.6. The van der Waals surface area contributed by atoms with Crippen LogP contribution in [0.5, 0.6) is 0 Å². The van der Waals surface area contributed by atoms with Crippen LogP contribution in [0, 0.1) is 12.8 Å². The van der Waals surface area contributed by atoms with E-state index in [0.717, 1.165) is 10.7 Å². The van der Waals surface area contributed by atoms with Gasteiger partial charge in [-0.1, -0.05) is 0 Å². The fourth-order valence-electron chi connectivity index (χ4n) is 1.55. The largest absolute Gasteiger partial charge is 0.481 e. The summed E-state index contributed by atoms with van der Waals surface area (Å²) in [5, 5.41) is 14.2. The number of carboxylic acids is 1. The molecule has 17 heavy (non-hydrogen) atoms. The third-order valence-corrected chi connectivity index (χ3v) is 3.54. The summed E-state index contributed by atoms with van der Waals surface area (Å²) >= 11 is 1.50. The summed E-state index contributed by atoms with van der Waals surface area (Å²) < 4.78 is 0. The Morgan fingerprint density at radius 3 is 2.88 bits per heavy atom. The monoisotopic (exact) mass is 255 g/mol. The van der Waals surface area contributed by atoms with Crippen molar-refractivity contribution in [1.29, 1.82) is 0 Å². The highest BCUT2D eigenvalue weighted by molar-refractivity contribution is 7.09. The molecular formula is C10H13N3O3S. The minimum Gasteiger partial charge on any atom is -0.481 e. The number of thiazole rings is 1. The molecule has 1 fully saturated rings. The number of hydrogen-bond acceptors (Lipinski definition) is 4. The number of rotatable bonds is 3. The number of amides is 2. The van der Waals surface area contributed by atoms with Crippen LogP contribution in [0.25, 0.3) is 0 Å². The molecule has 1 aliphatic heterocycles. The van der Waals surface area contributed by atoms with Crippen LogP contribution < -0.4 is 5.32 Å². The second-order valence-corrected chi connectivity index (χ2v) is 4.92. The molecule has 2 amide bonds. The van der Waals surface area contributed by atoms with Gasteiger partial charge in [-0.15, -0.1) is 11.3 Å². The number of carboxylic acid groups (broad SMARTS) is 1. The number of aryl methyl sites for hydroxylation is 1. The van der Waals surface area contributed by atoms with E-state index >= 15 is 0 Å². The standard InChI is InChI=1S/C10H13N3O3S/c1-6-5-17-8(12-6)2-11-10(16)13-3-7(4-13)9(14)15/h5,7H,2-4H2,1H3,(H,11,16)(H,14,15). The third kappa shape index (κ3) is 2.73.